The van der Waals surface area contributed by atoms with Gasteiger partial charge in [0.2, 0.25) is 0 Å². The first-order chi connectivity index (χ1) is 15.3. The van der Waals surface area contributed by atoms with Gasteiger partial charge in [-0.1, -0.05) is 103 Å². The van der Waals surface area contributed by atoms with Gasteiger partial charge in [0, 0.05) is 6.20 Å². The Labute approximate surface area is 204 Å². The standard InChI is InChI=1S/C18H15P.C9H9N3.Os/c1-4-10-16(11-5-1)19(17-12-6-2-7-13-17)18-14-8-3-9-15-18;1-12-7-5-9(11-12)8-4-2-3-6-10-8;/h1-15H;2-7H,1H3;/q;;+1. The van der Waals surface area contributed by atoms with Crippen molar-refractivity contribution < 1.29 is 24.5 Å². The maximum absolute atomic E-state index is 4.24. The fourth-order valence-corrected chi connectivity index (χ4v) is 5.55. The Morgan fingerprint density at radius 1 is 0.625 bits per heavy atom. The van der Waals surface area contributed by atoms with Gasteiger partial charge in [0.05, 0.1) is 5.69 Å². The third-order valence-corrected chi connectivity index (χ3v) is 7.13. The summed E-state index contributed by atoms with van der Waals surface area (Å²) in [7, 11) is 1.45. The van der Waals surface area contributed by atoms with E-state index in [-0.39, 0.29) is 19.8 Å². The molecule has 32 heavy (non-hydrogen) atoms. The second-order valence-electron chi connectivity index (χ2n) is 6.93. The van der Waals surface area contributed by atoms with Crippen molar-refractivity contribution >= 4 is 23.8 Å². The molecule has 0 atom stereocenters. The van der Waals surface area contributed by atoms with Crippen molar-refractivity contribution in [1.29, 1.82) is 0 Å². The van der Waals surface area contributed by atoms with Gasteiger partial charge in [-0.05, 0) is 42.0 Å². The number of aromatic nitrogens is 3. The molecule has 0 fully saturated rings. The van der Waals surface area contributed by atoms with E-state index in [1.807, 2.05) is 37.5 Å². The topological polar surface area (TPSA) is 30.9 Å². The normalized spacial score (nSPS) is 10.1. The molecule has 0 spiro atoms. The molecule has 0 N–H and O–H groups in total. The molecule has 0 amide bonds. The van der Waals surface area contributed by atoms with Crippen LogP contribution in [0.25, 0.3) is 11.4 Å². The Balaban J connectivity index is 0.000000193. The van der Waals surface area contributed by atoms with Crippen molar-refractivity contribution in [3.8, 4) is 11.4 Å². The van der Waals surface area contributed by atoms with E-state index in [0.717, 1.165) is 11.4 Å². The van der Waals surface area contributed by atoms with Gasteiger partial charge < -0.3 is 5.10 Å². The number of aryl methyl sites for hydroxylation is 1. The summed E-state index contributed by atoms with van der Waals surface area (Å²) in [5.41, 5.74) is 1.83. The maximum atomic E-state index is 4.24. The van der Waals surface area contributed by atoms with Crippen LogP contribution in [-0.2, 0) is 26.8 Å². The van der Waals surface area contributed by atoms with Crippen LogP contribution < -0.4 is 25.7 Å². The fourth-order valence-electron chi connectivity index (χ4n) is 3.24. The van der Waals surface area contributed by atoms with Gasteiger partial charge in [0.1, 0.15) is 7.05 Å². The van der Waals surface area contributed by atoms with Crippen LogP contribution in [0.4, 0.5) is 0 Å². The van der Waals surface area contributed by atoms with Gasteiger partial charge in [-0.25, -0.2) is 0 Å². The Hall–Kier alpha value is -2.91. The minimum Gasteiger partial charge on any atom is -0.408 e. The molecular weight excluding hydrogens is 588 g/mol. The average Bonchev–Trinajstić information content (AvgIpc) is 3.29. The molecule has 0 unspecified atom stereocenters. The summed E-state index contributed by atoms with van der Waals surface area (Å²) < 4.78 is 1.77. The summed E-state index contributed by atoms with van der Waals surface area (Å²) in [6.45, 7) is 0. The van der Waals surface area contributed by atoms with Crippen LogP contribution in [0.1, 0.15) is 0 Å². The number of hydrogen-bond donors (Lipinski definition) is 0. The van der Waals surface area contributed by atoms with Crippen molar-refractivity contribution in [2.45, 2.75) is 0 Å². The fraction of sp³-hybridized carbons (Fsp3) is 0.0370. The zero-order chi connectivity index (χ0) is 21.3. The van der Waals surface area contributed by atoms with E-state index in [1.165, 1.54) is 15.9 Å². The van der Waals surface area contributed by atoms with Crippen LogP contribution in [0.3, 0.4) is 0 Å². The monoisotopic (exact) mass is 613 g/mol. The molecule has 0 aliphatic carbocycles. The summed E-state index contributed by atoms with van der Waals surface area (Å²) >= 11 is 0. The summed E-state index contributed by atoms with van der Waals surface area (Å²) in [6.07, 6.45) is 3.67. The van der Waals surface area contributed by atoms with E-state index in [1.54, 1.807) is 10.9 Å². The van der Waals surface area contributed by atoms with E-state index in [9.17, 15) is 0 Å². The number of pyridine rings is 1. The summed E-state index contributed by atoms with van der Waals surface area (Å²) in [6, 6.07) is 40.1. The van der Waals surface area contributed by atoms with Gasteiger partial charge in [0.25, 0.3) is 0 Å². The predicted octanol–water partition coefficient (Wildman–Crippen LogP) is 3.97. The SMILES string of the molecule is C[n+]1ccc(-c2ccccn2)[n-]1.[Os+].c1ccc(P(c2ccccc2)c2ccccc2)cc1. The molecular formula is C27H24N3OsP+. The van der Waals surface area contributed by atoms with E-state index >= 15 is 0 Å². The molecule has 0 bridgehead atoms. The van der Waals surface area contributed by atoms with E-state index in [4.69, 9.17) is 0 Å². The largest absolute Gasteiger partial charge is 1.00 e. The van der Waals surface area contributed by atoms with Gasteiger partial charge in [-0.15, -0.1) is 0 Å². The average molecular weight is 612 g/mol. The molecule has 0 aliphatic rings. The van der Waals surface area contributed by atoms with E-state index in [2.05, 4.69) is 101 Å². The second-order valence-corrected chi connectivity index (χ2v) is 9.15. The van der Waals surface area contributed by atoms with Crippen LogP contribution in [0.2, 0.25) is 0 Å². The molecule has 159 valence electrons. The Morgan fingerprint density at radius 2 is 1.09 bits per heavy atom. The molecule has 0 saturated heterocycles. The van der Waals surface area contributed by atoms with Crippen molar-refractivity contribution in [3.05, 3.63) is 128 Å². The third-order valence-electron chi connectivity index (χ3n) is 4.68. The maximum Gasteiger partial charge on any atom is 1.00 e. The first-order valence-corrected chi connectivity index (χ1v) is 11.5. The Bertz CT molecular complexity index is 1090. The summed E-state index contributed by atoms with van der Waals surface area (Å²) in [5.74, 6) is 0. The second kappa shape index (κ2) is 12.2. The molecule has 5 rings (SSSR count). The zero-order valence-electron chi connectivity index (χ0n) is 17.8. The smallest absolute Gasteiger partial charge is 0.408 e. The van der Waals surface area contributed by atoms with Crippen LogP contribution in [0.5, 0.6) is 0 Å². The molecule has 3 aromatic carbocycles. The molecule has 5 aromatic rings. The first-order valence-electron chi connectivity index (χ1n) is 10.2. The predicted molar refractivity (Wildman–Crippen MR) is 129 cm³/mol. The minimum absolute atomic E-state index is 0. The van der Waals surface area contributed by atoms with Crippen molar-refractivity contribution in [3.63, 3.8) is 0 Å². The number of nitrogens with zero attached hydrogens (tertiary/aromatic N) is 3. The molecule has 0 saturated carbocycles. The Kier molecular flexibility index (Phi) is 9.06. The van der Waals surface area contributed by atoms with Gasteiger partial charge in [-0.3, -0.25) is 9.67 Å². The number of hydrogen-bond acceptors (Lipinski definition) is 1. The number of rotatable bonds is 4. The molecule has 2 aromatic heterocycles. The van der Waals surface area contributed by atoms with Gasteiger partial charge in [-0.2, -0.15) is 0 Å². The third kappa shape index (κ3) is 6.30. The first kappa shape index (κ1) is 23.7. The van der Waals surface area contributed by atoms with E-state index < -0.39 is 7.92 Å². The van der Waals surface area contributed by atoms with Crippen molar-refractivity contribution in [2.24, 2.45) is 7.05 Å². The van der Waals surface area contributed by atoms with Gasteiger partial charge >= 0.3 is 19.8 Å². The minimum atomic E-state index is -0.446. The number of benzene rings is 3. The Morgan fingerprint density at radius 3 is 1.47 bits per heavy atom. The van der Waals surface area contributed by atoms with Crippen LogP contribution >= 0.6 is 7.92 Å². The summed E-state index contributed by atoms with van der Waals surface area (Å²) in [5, 5.41) is 8.43. The van der Waals surface area contributed by atoms with Crippen LogP contribution in [0, 0.1) is 0 Å². The molecule has 1 radical (unpaired) electrons. The van der Waals surface area contributed by atoms with Crippen LogP contribution in [-0.4, -0.2) is 4.98 Å². The van der Waals surface area contributed by atoms with Crippen molar-refractivity contribution in [1.82, 2.24) is 10.1 Å². The van der Waals surface area contributed by atoms with Gasteiger partial charge in [0.15, 0.2) is 6.20 Å². The quantitative estimate of drug-likeness (QED) is 0.228. The molecule has 3 nitrogen and oxygen atoms in total. The molecule has 5 heteroatoms. The zero-order valence-corrected chi connectivity index (χ0v) is 21.2. The van der Waals surface area contributed by atoms with E-state index in [0.29, 0.717) is 0 Å². The molecule has 0 aliphatic heterocycles. The van der Waals surface area contributed by atoms with Crippen LogP contribution in [0.15, 0.2) is 128 Å². The van der Waals surface area contributed by atoms with Crippen molar-refractivity contribution in [2.75, 3.05) is 0 Å². The molecule has 2 heterocycles. The summed E-state index contributed by atoms with van der Waals surface area (Å²) in [4.78, 5) is 4.19.